The monoisotopic (exact) mass is 259 g/mol. The van der Waals surface area contributed by atoms with Crippen molar-refractivity contribution in [2.45, 2.75) is 12.3 Å². The molecule has 0 aliphatic rings. The lowest BCUT2D eigenvalue weighted by atomic mass is 10.1. The van der Waals surface area contributed by atoms with E-state index < -0.39 is 4.92 Å². The molecule has 0 saturated heterocycles. The first-order chi connectivity index (χ1) is 6.60. The first-order valence-electron chi connectivity index (χ1n) is 3.98. The summed E-state index contributed by atoms with van der Waals surface area (Å²) in [6, 6.07) is 3.34. The zero-order chi connectivity index (χ0) is 10.7. The number of ether oxygens (including phenoxy) is 1. The maximum atomic E-state index is 10.7. The number of nitro benzene ring substituents is 1. The third-order valence-electron chi connectivity index (χ3n) is 1.96. The van der Waals surface area contributed by atoms with Gasteiger partial charge in [0, 0.05) is 11.4 Å². The summed E-state index contributed by atoms with van der Waals surface area (Å²) in [5, 5.41) is 11.3. The molecule has 0 spiro atoms. The summed E-state index contributed by atoms with van der Waals surface area (Å²) in [5.41, 5.74) is 1.49. The standard InChI is InChI=1S/C9H10BrNO3/c1-6-8(11(12)13)3-7(5-10)4-9(6)14-2/h3-4H,5H2,1-2H3. The average molecular weight is 260 g/mol. The minimum atomic E-state index is -0.399. The number of alkyl halides is 1. The highest BCUT2D eigenvalue weighted by Crippen LogP contribution is 2.29. The van der Waals surface area contributed by atoms with E-state index in [1.54, 1.807) is 19.1 Å². The van der Waals surface area contributed by atoms with Crippen LogP contribution in [0.25, 0.3) is 0 Å². The molecule has 0 amide bonds. The van der Waals surface area contributed by atoms with E-state index in [2.05, 4.69) is 15.9 Å². The first-order valence-corrected chi connectivity index (χ1v) is 5.10. The molecule has 0 fully saturated rings. The van der Waals surface area contributed by atoms with Crippen LogP contribution < -0.4 is 4.74 Å². The third-order valence-corrected chi connectivity index (χ3v) is 2.61. The summed E-state index contributed by atoms with van der Waals surface area (Å²) in [6.07, 6.45) is 0. The summed E-state index contributed by atoms with van der Waals surface area (Å²) in [6.45, 7) is 1.68. The number of benzene rings is 1. The largest absolute Gasteiger partial charge is 0.496 e. The van der Waals surface area contributed by atoms with Crippen molar-refractivity contribution >= 4 is 21.6 Å². The maximum Gasteiger partial charge on any atom is 0.276 e. The molecule has 0 atom stereocenters. The van der Waals surface area contributed by atoms with Crippen LogP contribution in [-0.4, -0.2) is 12.0 Å². The molecule has 5 heteroatoms. The van der Waals surface area contributed by atoms with E-state index in [9.17, 15) is 10.1 Å². The van der Waals surface area contributed by atoms with E-state index in [-0.39, 0.29) is 5.69 Å². The Hall–Kier alpha value is -1.10. The van der Waals surface area contributed by atoms with Gasteiger partial charge < -0.3 is 4.74 Å². The topological polar surface area (TPSA) is 52.4 Å². The fourth-order valence-corrected chi connectivity index (χ4v) is 1.53. The Morgan fingerprint density at radius 2 is 2.21 bits per heavy atom. The second kappa shape index (κ2) is 4.41. The number of rotatable bonds is 3. The molecule has 1 rings (SSSR count). The highest BCUT2D eigenvalue weighted by atomic mass is 79.9. The van der Waals surface area contributed by atoms with Crippen molar-refractivity contribution in [1.82, 2.24) is 0 Å². The fourth-order valence-electron chi connectivity index (χ4n) is 1.21. The summed E-state index contributed by atoms with van der Waals surface area (Å²) in [5.74, 6) is 0.550. The SMILES string of the molecule is COc1cc(CBr)cc([N+](=O)[O-])c1C. The van der Waals surface area contributed by atoms with Crippen LogP contribution in [0.15, 0.2) is 12.1 Å². The van der Waals surface area contributed by atoms with E-state index in [4.69, 9.17) is 4.74 Å². The molecule has 0 unspecified atom stereocenters. The molecule has 1 aromatic carbocycles. The molecule has 76 valence electrons. The minimum absolute atomic E-state index is 0.0961. The van der Waals surface area contributed by atoms with Gasteiger partial charge in [-0.2, -0.15) is 0 Å². The van der Waals surface area contributed by atoms with Gasteiger partial charge in [0.25, 0.3) is 5.69 Å². The van der Waals surface area contributed by atoms with Crippen molar-refractivity contribution < 1.29 is 9.66 Å². The van der Waals surface area contributed by atoms with Gasteiger partial charge in [-0.25, -0.2) is 0 Å². The Labute approximate surface area is 90.2 Å². The zero-order valence-corrected chi connectivity index (χ0v) is 9.50. The van der Waals surface area contributed by atoms with Crippen LogP contribution in [0.5, 0.6) is 5.75 Å². The predicted molar refractivity (Wildman–Crippen MR) is 57.0 cm³/mol. The van der Waals surface area contributed by atoms with Gasteiger partial charge >= 0.3 is 0 Å². The molecule has 1 aromatic rings. The Morgan fingerprint density at radius 3 is 2.64 bits per heavy atom. The lowest BCUT2D eigenvalue weighted by Crippen LogP contribution is -1.96. The molecule has 0 aliphatic heterocycles. The molecule has 4 nitrogen and oxygen atoms in total. The van der Waals surface area contributed by atoms with E-state index in [1.807, 2.05) is 0 Å². The number of nitro groups is 1. The fraction of sp³-hybridized carbons (Fsp3) is 0.333. The van der Waals surface area contributed by atoms with Crippen molar-refractivity contribution in [3.8, 4) is 5.75 Å². The predicted octanol–water partition coefficient (Wildman–Crippen LogP) is 2.81. The van der Waals surface area contributed by atoms with Crippen molar-refractivity contribution in [1.29, 1.82) is 0 Å². The van der Waals surface area contributed by atoms with Gasteiger partial charge in [0.05, 0.1) is 17.6 Å². The lowest BCUT2D eigenvalue weighted by molar-refractivity contribution is -0.385. The van der Waals surface area contributed by atoms with E-state index in [0.29, 0.717) is 16.6 Å². The van der Waals surface area contributed by atoms with E-state index in [0.717, 1.165) is 5.56 Å². The van der Waals surface area contributed by atoms with Crippen LogP contribution in [0.3, 0.4) is 0 Å². The molecule has 0 N–H and O–H groups in total. The Bertz CT molecular complexity index is 365. The molecule has 0 aliphatic carbocycles. The smallest absolute Gasteiger partial charge is 0.276 e. The number of methoxy groups -OCH3 is 1. The molecule has 0 bridgehead atoms. The zero-order valence-electron chi connectivity index (χ0n) is 7.91. The molecule has 0 aromatic heterocycles. The van der Waals surface area contributed by atoms with Crippen LogP contribution in [0, 0.1) is 17.0 Å². The van der Waals surface area contributed by atoms with Crippen molar-refractivity contribution in [2.75, 3.05) is 7.11 Å². The first kappa shape index (κ1) is 11.0. The average Bonchev–Trinajstić information content (AvgIpc) is 2.17. The van der Waals surface area contributed by atoms with E-state index in [1.165, 1.54) is 7.11 Å². The van der Waals surface area contributed by atoms with Gasteiger partial charge in [-0.1, -0.05) is 15.9 Å². The quantitative estimate of drug-likeness (QED) is 0.477. The van der Waals surface area contributed by atoms with Crippen molar-refractivity contribution in [3.63, 3.8) is 0 Å². The summed E-state index contributed by atoms with van der Waals surface area (Å²) >= 11 is 3.25. The number of halogens is 1. The highest BCUT2D eigenvalue weighted by molar-refractivity contribution is 9.08. The van der Waals surface area contributed by atoms with Gasteiger partial charge in [-0.3, -0.25) is 10.1 Å². The van der Waals surface area contributed by atoms with Gasteiger partial charge in [0.2, 0.25) is 0 Å². The van der Waals surface area contributed by atoms with Gasteiger partial charge in [-0.15, -0.1) is 0 Å². The number of hydrogen-bond acceptors (Lipinski definition) is 3. The lowest BCUT2D eigenvalue weighted by Gasteiger charge is -2.06. The van der Waals surface area contributed by atoms with Crippen LogP contribution in [0.4, 0.5) is 5.69 Å². The normalized spacial score (nSPS) is 9.93. The molecular formula is C9H10BrNO3. The van der Waals surface area contributed by atoms with Crippen LogP contribution in [0.1, 0.15) is 11.1 Å². The maximum absolute atomic E-state index is 10.7. The van der Waals surface area contributed by atoms with Crippen LogP contribution in [-0.2, 0) is 5.33 Å². The number of hydrogen-bond donors (Lipinski definition) is 0. The van der Waals surface area contributed by atoms with Crippen LogP contribution >= 0.6 is 15.9 Å². The second-order valence-electron chi connectivity index (χ2n) is 2.83. The third kappa shape index (κ3) is 2.04. The molecule has 0 heterocycles. The van der Waals surface area contributed by atoms with Gasteiger partial charge in [-0.05, 0) is 18.6 Å². The molecule has 0 saturated carbocycles. The summed E-state index contributed by atoms with van der Waals surface area (Å²) in [4.78, 5) is 10.3. The van der Waals surface area contributed by atoms with Crippen molar-refractivity contribution in [3.05, 3.63) is 33.4 Å². The molecule has 14 heavy (non-hydrogen) atoms. The minimum Gasteiger partial charge on any atom is -0.496 e. The van der Waals surface area contributed by atoms with Gasteiger partial charge in [0.15, 0.2) is 0 Å². The number of nitrogens with zero attached hydrogens (tertiary/aromatic N) is 1. The van der Waals surface area contributed by atoms with Gasteiger partial charge in [0.1, 0.15) is 5.75 Å². The highest BCUT2D eigenvalue weighted by Gasteiger charge is 2.15. The van der Waals surface area contributed by atoms with E-state index >= 15 is 0 Å². The van der Waals surface area contributed by atoms with Crippen LogP contribution in [0.2, 0.25) is 0 Å². The molecular weight excluding hydrogens is 250 g/mol. The second-order valence-corrected chi connectivity index (χ2v) is 3.39. The molecule has 0 radical (unpaired) electrons. The summed E-state index contributed by atoms with van der Waals surface area (Å²) in [7, 11) is 1.50. The Balaban J connectivity index is 3.34. The Kier molecular flexibility index (Phi) is 3.46. The summed E-state index contributed by atoms with van der Waals surface area (Å²) < 4.78 is 5.05. The van der Waals surface area contributed by atoms with Crippen molar-refractivity contribution in [2.24, 2.45) is 0 Å². The Morgan fingerprint density at radius 1 is 1.57 bits per heavy atom.